The van der Waals surface area contributed by atoms with Crippen molar-refractivity contribution in [3.63, 3.8) is 0 Å². The smallest absolute Gasteiger partial charge is 0.227 e. The number of nitriles is 1. The first kappa shape index (κ1) is 21.2. The van der Waals surface area contributed by atoms with Crippen LogP contribution in [-0.4, -0.2) is 55.2 Å². The fraction of sp³-hybridized carbons (Fsp3) is 0.348. The predicted molar refractivity (Wildman–Crippen MR) is 119 cm³/mol. The Labute approximate surface area is 185 Å². The summed E-state index contributed by atoms with van der Waals surface area (Å²) in [6, 6.07) is 14.4. The number of hydrogen-bond acceptors (Lipinski definition) is 5. The van der Waals surface area contributed by atoms with Crippen LogP contribution in [0.25, 0.3) is 0 Å². The van der Waals surface area contributed by atoms with Crippen molar-refractivity contribution in [2.75, 3.05) is 48.3 Å². The molecule has 0 unspecified atom stereocenters. The second-order valence-electron chi connectivity index (χ2n) is 7.48. The van der Waals surface area contributed by atoms with E-state index in [0.29, 0.717) is 38.4 Å². The number of para-hydroxylation sites is 1. The van der Waals surface area contributed by atoms with Gasteiger partial charge < -0.3 is 14.7 Å². The molecule has 2 aliphatic rings. The molecule has 1 saturated heterocycles. The number of piperazine rings is 1. The second-order valence-corrected chi connectivity index (χ2v) is 8.61. The van der Waals surface area contributed by atoms with E-state index < -0.39 is 5.82 Å². The number of benzene rings is 2. The Morgan fingerprint density at radius 2 is 1.65 bits per heavy atom. The van der Waals surface area contributed by atoms with Crippen molar-refractivity contribution in [3.05, 3.63) is 53.8 Å². The van der Waals surface area contributed by atoms with Crippen LogP contribution in [-0.2, 0) is 9.59 Å². The van der Waals surface area contributed by atoms with E-state index in [1.807, 2.05) is 35.2 Å². The fourth-order valence-electron chi connectivity index (χ4n) is 4.02. The van der Waals surface area contributed by atoms with Gasteiger partial charge in [-0.2, -0.15) is 5.26 Å². The summed E-state index contributed by atoms with van der Waals surface area (Å²) in [5.41, 5.74) is 1.52. The number of halogens is 1. The number of nitrogens with zero attached hydrogens (tertiary/aromatic N) is 4. The minimum atomic E-state index is -0.533. The summed E-state index contributed by atoms with van der Waals surface area (Å²) in [4.78, 5) is 32.0. The summed E-state index contributed by atoms with van der Waals surface area (Å²) in [5, 5.41) is 9.24. The minimum Gasteiger partial charge on any atom is -0.367 e. The third-order valence-corrected chi connectivity index (χ3v) is 6.70. The first-order valence-corrected chi connectivity index (χ1v) is 11.3. The first-order valence-electron chi connectivity index (χ1n) is 10.3. The Bertz CT molecular complexity index is 1030. The van der Waals surface area contributed by atoms with E-state index in [9.17, 15) is 19.2 Å². The van der Waals surface area contributed by atoms with Gasteiger partial charge in [-0.25, -0.2) is 4.39 Å². The average molecular weight is 439 g/mol. The van der Waals surface area contributed by atoms with Crippen molar-refractivity contribution >= 4 is 35.0 Å². The van der Waals surface area contributed by atoms with E-state index in [2.05, 4.69) is 0 Å². The number of carbonyl (C=O) groups excluding carboxylic acids is 2. The molecule has 0 saturated carbocycles. The summed E-state index contributed by atoms with van der Waals surface area (Å²) in [7, 11) is 0. The van der Waals surface area contributed by atoms with Crippen LogP contribution >= 0.6 is 11.8 Å². The van der Waals surface area contributed by atoms with Crippen LogP contribution in [0.1, 0.15) is 18.4 Å². The highest BCUT2D eigenvalue weighted by Gasteiger charge is 2.26. The number of fused-ring (bicyclic) bond motifs is 1. The molecule has 2 heterocycles. The number of thioether (sulfide) groups is 1. The lowest BCUT2D eigenvalue weighted by molar-refractivity contribution is -0.133. The van der Waals surface area contributed by atoms with Gasteiger partial charge in [0, 0.05) is 56.2 Å². The molecule has 0 spiro atoms. The molecule has 0 N–H and O–H groups in total. The Morgan fingerprint density at radius 3 is 2.42 bits per heavy atom. The van der Waals surface area contributed by atoms with Gasteiger partial charge in [0.15, 0.2) is 0 Å². The predicted octanol–water partition coefficient (Wildman–Crippen LogP) is 3.27. The maximum atomic E-state index is 13.9. The quantitative estimate of drug-likeness (QED) is 0.733. The highest BCUT2D eigenvalue weighted by Crippen LogP contribution is 2.34. The van der Waals surface area contributed by atoms with Gasteiger partial charge in [-0.05, 0) is 24.3 Å². The third-order valence-electron chi connectivity index (χ3n) is 5.66. The van der Waals surface area contributed by atoms with Gasteiger partial charge >= 0.3 is 0 Å². The number of anilines is 2. The normalized spacial score (nSPS) is 15.9. The van der Waals surface area contributed by atoms with Crippen molar-refractivity contribution in [1.29, 1.82) is 5.26 Å². The molecular weight excluding hydrogens is 415 g/mol. The summed E-state index contributed by atoms with van der Waals surface area (Å²) in [6.45, 7) is 2.67. The molecule has 0 aliphatic carbocycles. The molecule has 0 bridgehead atoms. The van der Waals surface area contributed by atoms with Crippen LogP contribution in [0.5, 0.6) is 0 Å². The van der Waals surface area contributed by atoms with Crippen molar-refractivity contribution < 1.29 is 14.0 Å². The Hall–Kier alpha value is -3.05. The number of amides is 2. The van der Waals surface area contributed by atoms with Gasteiger partial charge in [0.05, 0.1) is 11.4 Å². The Morgan fingerprint density at radius 1 is 0.935 bits per heavy atom. The summed E-state index contributed by atoms with van der Waals surface area (Å²) in [5.74, 6) is 0.240. The van der Waals surface area contributed by atoms with Crippen LogP contribution < -0.4 is 9.80 Å². The van der Waals surface area contributed by atoms with E-state index >= 15 is 0 Å². The highest BCUT2D eigenvalue weighted by molar-refractivity contribution is 7.99. The van der Waals surface area contributed by atoms with E-state index in [0.717, 1.165) is 16.3 Å². The topological polar surface area (TPSA) is 67.6 Å². The van der Waals surface area contributed by atoms with Gasteiger partial charge in [0.2, 0.25) is 11.8 Å². The van der Waals surface area contributed by atoms with Gasteiger partial charge in [-0.3, -0.25) is 9.59 Å². The zero-order valence-electron chi connectivity index (χ0n) is 17.1. The molecule has 31 heavy (non-hydrogen) atoms. The molecule has 6 nitrogen and oxygen atoms in total. The largest absolute Gasteiger partial charge is 0.367 e. The molecule has 4 rings (SSSR count). The van der Waals surface area contributed by atoms with E-state index in [-0.39, 0.29) is 30.2 Å². The average Bonchev–Trinajstić information content (AvgIpc) is 2.82. The van der Waals surface area contributed by atoms with Crippen LogP contribution in [0.15, 0.2) is 47.4 Å². The Kier molecular flexibility index (Phi) is 6.42. The fourth-order valence-corrected chi connectivity index (χ4v) is 5.01. The summed E-state index contributed by atoms with van der Waals surface area (Å²) in [6.07, 6.45) is 0.356. The van der Waals surface area contributed by atoms with E-state index in [1.54, 1.807) is 33.7 Å². The number of hydrogen-bond donors (Lipinski definition) is 0. The monoisotopic (exact) mass is 438 g/mol. The molecule has 2 amide bonds. The molecule has 2 aliphatic heterocycles. The van der Waals surface area contributed by atoms with Crippen molar-refractivity contribution in [2.24, 2.45) is 0 Å². The maximum Gasteiger partial charge on any atom is 0.227 e. The van der Waals surface area contributed by atoms with Gasteiger partial charge in [0.25, 0.3) is 0 Å². The molecule has 0 aromatic heterocycles. The van der Waals surface area contributed by atoms with Crippen LogP contribution in [0.4, 0.5) is 15.8 Å². The highest BCUT2D eigenvalue weighted by atomic mass is 32.2. The SMILES string of the molecule is N#Cc1c(F)cccc1N1CCN(C(=O)CCC(=O)N2CCSc3ccccc32)CC1. The summed E-state index contributed by atoms with van der Waals surface area (Å²) >= 11 is 1.74. The molecule has 1 fully saturated rings. The zero-order valence-corrected chi connectivity index (χ0v) is 17.9. The van der Waals surface area contributed by atoms with Crippen molar-refractivity contribution in [3.8, 4) is 6.07 Å². The molecule has 160 valence electrons. The zero-order chi connectivity index (χ0) is 21.8. The molecule has 2 aromatic carbocycles. The molecule has 8 heteroatoms. The molecule has 2 aromatic rings. The van der Waals surface area contributed by atoms with Crippen LogP contribution in [0, 0.1) is 17.1 Å². The minimum absolute atomic E-state index is 0.0295. The van der Waals surface area contributed by atoms with Gasteiger partial charge in [0.1, 0.15) is 17.4 Å². The van der Waals surface area contributed by atoms with Crippen LogP contribution in [0.3, 0.4) is 0 Å². The lowest BCUT2D eigenvalue weighted by Gasteiger charge is -2.36. The molecule has 0 atom stereocenters. The maximum absolute atomic E-state index is 13.9. The van der Waals surface area contributed by atoms with Crippen LogP contribution in [0.2, 0.25) is 0 Å². The Balaban J connectivity index is 1.31. The first-order chi connectivity index (χ1) is 15.1. The standard InChI is InChI=1S/C23H23FN4O2S/c24-18-4-3-6-19(17(18)16-25)26-10-12-27(13-11-26)22(29)8-9-23(30)28-14-15-31-21-7-2-1-5-20(21)28/h1-7H,8-15H2. The van der Waals surface area contributed by atoms with Gasteiger partial charge in [-0.1, -0.05) is 18.2 Å². The molecular formula is C23H23FN4O2S. The van der Waals surface area contributed by atoms with Crippen molar-refractivity contribution in [1.82, 2.24) is 4.90 Å². The number of rotatable bonds is 4. The number of carbonyl (C=O) groups is 2. The lowest BCUT2D eigenvalue weighted by atomic mass is 10.1. The van der Waals surface area contributed by atoms with E-state index in [1.165, 1.54) is 6.07 Å². The van der Waals surface area contributed by atoms with Crippen molar-refractivity contribution in [2.45, 2.75) is 17.7 Å². The lowest BCUT2D eigenvalue weighted by Crippen LogP contribution is -2.49. The molecule has 0 radical (unpaired) electrons. The summed E-state index contributed by atoms with van der Waals surface area (Å²) < 4.78 is 13.9. The van der Waals surface area contributed by atoms with E-state index in [4.69, 9.17) is 0 Å². The third kappa shape index (κ3) is 4.52. The second kappa shape index (κ2) is 9.40. The van der Waals surface area contributed by atoms with Gasteiger partial charge in [-0.15, -0.1) is 11.8 Å².